The summed E-state index contributed by atoms with van der Waals surface area (Å²) in [6.45, 7) is 3.76. The zero-order valence-corrected chi connectivity index (χ0v) is 36.1. The molecule has 1 fully saturated rings. The van der Waals surface area contributed by atoms with Crippen LogP contribution in [0.2, 0.25) is 0 Å². The Hall–Kier alpha value is -1.33. The van der Waals surface area contributed by atoms with Gasteiger partial charge in [-0.05, 0) is 32.1 Å². The van der Waals surface area contributed by atoms with E-state index in [1.807, 2.05) is 6.08 Å². The lowest BCUT2D eigenvalue weighted by Crippen LogP contribution is -2.60. The monoisotopic (exact) mass is 796 g/mol. The number of allylic oxidation sites excluding steroid dienone is 3. The summed E-state index contributed by atoms with van der Waals surface area (Å²) in [6.07, 6.45) is 37.9. The molecule has 0 aromatic heterocycles. The van der Waals surface area contributed by atoms with E-state index in [0.29, 0.717) is 6.42 Å². The maximum atomic E-state index is 13.0. The van der Waals surface area contributed by atoms with Crippen LogP contribution >= 0.6 is 0 Å². The van der Waals surface area contributed by atoms with Crippen LogP contribution in [0, 0.1) is 0 Å². The topological polar surface area (TPSA) is 149 Å². The largest absolute Gasteiger partial charge is 0.394 e. The highest BCUT2D eigenvalue weighted by molar-refractivity contribution is 5.76. The first-order valence-corrected chi connectivity index (χ1v) is 23.6. The molecule has 0 aromatic rings. The normalized spacial score (nSPS) is 21.3. The van der Waals surface area contributed by atoms with Crippen LogP contribution < -0.4 is 5.32 Å². The van der Waals surface area contributed by atoms with Crippen molar-refractivity contribution in [3.05, 3.63) is 24.3 Å². The minimum Gasteiger partial charge on any atom is -0.394 e. The third-order valence-electron chi connectivity index (χ3n) is 11.3. The van der Waals surface area contributed by atoms with Gasteiger partial charge < -0.3 is 40.3 Å². The van der Waals surface area contributed by atoms with Gasteiger partial charge in [-0.1, -0.05) is 199 Å². The van der Waals surface area contributed by atoms with E-state index in [-0.39, 0.29) is 12.5 Å². The third-order valence-corrected chi connectivity index (χ3v) is 11.3. The first-order chi connectivity index (χ1) is 27.3. The van der Waals surface area contributed by atoms with Crippen molar-refractivity contribution in [2.75, 3.05) is 13.2 Å². The van der Waals surface area contributed by atoms with Crippen LogP contribution in [0.3, 0.4) is 0 Å². The average Bonchev–Trinajstić information content (AvgIpc) is 3.20. The minimum absolute atomic E-state index is 0.185. The number of amides is 1. The molecular weight excluding hydrogens is 707 g/mol. The average molecular weight is 796 g/mol. The molecule has 1 aliphatic rings. The van der Waals surface area contributed by atoms with Crippen molar-refractivity contribution in [1.29, 1.82) is 0 Å². The van der Waals surface area contributed by atoms with Crippen molar-refractivity contribution >= 4 is 5.91 Å². The molecule has 1 aliphatic heterocycles. The molecular formula is C47H89NO8. The summed E-state index contributed by atoms with van der Waals surface area (Å²) in [5.74, 6) is -0.185. The van der Waals surface area contributed by atoms with Gasteiger partial charge in [-0.2, -0.15) is 0 Å². The Morgan fingerprint density at radius 1 is 0.589 bits per heavy atom. The number of unbranched alkanes of at least 4 members (excludes halogenated alkanes) is 27. The van der Waals surface area contributed by atoms with E-state index in [2.05, 4.69) is 31.3 Å². The van der Waals surface area contributed by atoms with Gasteiger partial charge in [-0.15, -0.1) is 0 Å². The molecule has 1 rings (SSSR count). The van der Waals surface area contributed by atoms with E-state index in [1.165, 1.54) is 154 Å². The Bertz CT molecular complexity index is 930. The van der Waals surface area contributed by atoms with Crippen molar-refractivity contribution in [3.63, 3.8) is 0 Å². The first kappa shape index (κ1) is 52.7. The number of ether oxygens (including phenoxy) is 2. The van der Waals surface area contributed by atoms with E-state index in [1.54, 1.807) is 6.08 Å². The summed E-state index contributed by atoms with van der Waals surface area (Å²) < 4.78 is 11.2. The van der Waals surface area contributed by atoms with Crippen molar-refractivity contribution in [2.45, 2.75) is 256 Å². The predicted molar refractivity (Wildman–Crippen MR) is 230 cm³/mol. The lowest BCUT2D eigenvalue weighted by molar-refractivity contribution is -0.302. The number of aliphatic hydroxyl groups is 5. The third kappa shape index (κ3) is 28.2. The fourth-order valence-electron chi connectivity index (χ4n) is 7.47. The van der Waals surface area contributed by atoms with Crippen LogP contribution in [0.4, 0.5) is 0 Å². The van der Waals surface area contributed by atoms with Gasteiger partial charge >= 0.3 is 0 Å². The molecule has 330 valence electrons. The summed E-state index contributed by atoms with van der Waals surface area (Å²) in [7, 11) is 0. The maximum Gasteiger partial charge on any atom is 0.220 e. The number of hydrogen-bond acceptors (Lipinski definition) is 8. The Morgan fingerprint density at radius 3 is 1.50 bits per heavy atom. The molecule has 9 nitrogen and oxygen atoms in total. The second-order valence-electron chi connectivity index (χ2n) is 16.5. The van der Waals surface area contributed by atoms with Gasteiger partial charge in [-0.3, -0.25) is 4.79 Å². The van der Waals surface area contributed by atoms with Gasteiger partial charge in [0.05, 0.1) is 25.4 Å². The number of nitrogens with one attached hydrogen (secondary N) is 1. The molecule has 7 atom stereocenters. The Morgan fingerprint density at radius 2 is 1.02 bits per heavy atom. The van der Waals surface area contributed by atoms with E-state index in [4.69, 9.17) is 9.47 Å². The standard InChI is InChI=1S/C47H89NO8/c1-3-5-7-9-11-13-15-17-19-20-21-22-23-25-27-29-31-33-35-37-43(51)48-40(39-55-47-46(54)45(53)44(52)42(38-49)56-47)41(50)36-34-32-30-28-26-24-18-16-14-12-10-8-6-4-2/h26,28,34,36,40-42,44-47,49-50,52-54H,3-25,27,29-33,35,37-39H2,1-2H3,(H,48,51)/b28-26+,36-34+. The molecule has 0 radical (unpaired) electrons. The highest BCUT2D eigenvalue weighted by atomic mass is 16.7. The molecule has 1 heterocycles. The van der Waals surface area contributed by atoms with Gasteiger partial charge in [0.25, 0.3) is 0 Å². The number of carbonyl (C=O) groups excluding carboxylic acids is 1. The van der Waals surface area contributed by atoms with Crippen LogP contribution in [0.5, 0.6) is 0 Å². The highest BCUT2D eigenvalue weighted by Gasteiger charge is 2.44. The molecule has 1 saturated heterocycles. The summed E-state index contributed by atoms with van der Waals surface area (Å²) >= 11 is 0. The Kier molecular flexibility index (Phi) is 35.7. The zero-order valence-electron chi connectivity index (χ0n) is 36.1. The molecule has 56 heavy (non-hydrogen) atoms. The number of aliphatic hydroxyl groups excluding tert-OH is 5. The summed E-state index contributed by atoms with van der Waals surface area (Å²) in [4.78, 5) is 13.0. The van der Waals surface area contributed by atoms with Gasteiger partial charge in [-0.25, -0.2) is 0 Å². The first-order valence-electron chi connectivity index (χ1n) is 23.6. The SMILES string of the molecule is CCCCCCCCCC/C=C/CC/C=C/C(O)C(COC1OC(CO)C(O)C(O)C1O)NC(=O)CCCCCCCCCCCCCCCCCCCCC. The second kappa shape index (κ2) is 37.9. The summed E-state index contributed by atoms with van der Waals surface area (Å²) in [5.41, 5.74) is 0. The number of carbonyl (C=O) groups is 1. The molecule has 1 amide bonds. The van der Waals surface area contributed by atoms with Crippen molar-refractivity contribution < 1.29 is 39.8 Å². The fourth-order valence-corrected chi connectivity index (χ4v) is 7.47. The maximum absolute atomic E-state index is 13.0. The second-order valence-corrected chi connectivity index (χ2v) is 16.5. The van der Waals surface area contributed by atoms with Crippen LogP contribution in [0.1, 0.15) is 213 Å². The molecule has 9 heteroatoms. The van der Waals surface area contributed by atoms with Crippen LogP contribution in [0.25, 0.3) is 0 Å². The van der Waals surface area contributed by atoms with E-state index in [9.17, 15) is 30.3 Å². The molecule has 0 aromatic carbocycles. The van der Waals surface area contributed by atoms with Crippen LogP contribution in [-0.4, -0.2) is 87.5 Å². The van der Waals surface area contributed by atoms with Crippen molar-refractivity contribution in [2.24, 2.45) is 0 Å². The van der Waals surface area contributed by atoms with Crippen LogP contribution in [-0.2, 0) is 14.3 Å². The van der Waals surface area contributed by atoms with Gasteiger partial charge in [0, 0.05) is 6.42 Å². The summed E-state index contributed by atoms with van der Waals surface area (Å²) in [6, 6.07) is -0.816. The smallest absolute Gasteiger partial charge is 0.220 e. The minimum atomic E-state index is -1.57. The van der Waals surface area contributed by atoms with Crippen LogP contribution in [0.15, 0.2) is 24.3 Å². The molecule has 6 N–H and O–H groups in total. The molecule has 0 aliphatic carbocycles. The van der Waals surface area contributed by atoms with Gasteiger partial charge in [0.15, 0.2) is 6.29 Å². The van der Waals surface area contributed by atoms with E-state index >= 15 is 0 Å². The number of rotatable bonds is 39. The zero-order chi connectivity index (χ0) is 40.9. The molecule has 7 unspecified atom stereocenters. The summed E-state index contributed by atoms with van der Waals surface area (Å²) in [5, 5.41) is 54.1. The lowest BCUT2D eigenvalue weighted by atomic mass is 9.99. The van der Waals surface area contributed by atoms with Gasteiger partial charge in [0.2, 0.25) is 5.91 Å². The van der Waals surface area contributed by atoms with Gasteiger partial charge in [0.1, 0.15) is 24.4 Å². The predicted octanol–water partition coefficient (Wildman–Crippen LogP) is 9.89. The molecule has 0 spiro atoms. The highest BCUT2D eigenvalue weighted by Crippen LogP contribution is 2.23. The Labute approximate surface area is 343 Å². The molecule has 0 bridgehead atoms. The quantitative estimate of drug-likeness (QED) is 0.0266. The van der Waals surface area contributed by atoms with E-state index < -0.39 is 49.5 Å². The van der Waals surface area contributed by atoms with Crippen molar-refractivity contribution in [3.8, 4) is 0 Å². The Balaban J connectivity index is 2.34. The van der Waals surface area contributed by atoms with E-state index in [0.717, 1.165) is 38.5 Å². The molecule has 0 saturated carbocycles. The van der Waals surface area contributed by atoms with Crippen molar-refractivity contribution in [1.82, 2.24) is 5.32 Å². The lowest BCUT2D eigenvalue weighted by Gasteiger charge is -2.40. The number of hydrogen-bond donors (Lipinski definition) is 6. The fraction of sp³-hybridized carbons (Fsp3) is 0.894.